The molecule has 0 radical (unpaired) electrons. The van der Waals surface area contributed by atoms with E-state index in [0.29, 0.717) is 0 Å². The van der Waals surface area contributed by atoms with Crippen molar-refractivity contribution in [2.45, 2.75) is 0 Å². The molecule has 0 fully saturated rings. The Morgan fingerprint density at radius 1 is 1.86 bits per heavy atom. The summed E-state index contributed by atoms with van der Waals surface area (Å²) in [7, 11) is -2.84. The summed E-state index contributed by atoms with van der Waals surface area (Å²) in [6, 6.07) is 0. The molecule has 0 saturated carbocycles. The van der Waals surface area contributed by atoms with Gasteiger partial charge in [-0.05, 0) is 0 Å². The Balaban J connectivity index is 3.61. The van der Waals surface area contributed by atoms with Crippen molar-refractivity contribution >= 4 is 7.75 Å². The number of rotatable bonds is 2. The molecule has 1 unspecified atom stereocenters. The minimum Gasteiger partial charge on any atom is -0.311 e. The van der Waals surface area contributed by atoms with E-state index in [9.17, 15) is 4.57 Å². The highest BCUT2D eigenvalue weighted by atomic mass is 31.2. The lowest BCUT2D eigenvalue weighted by Gasteiger charge is -2.01. The lowest BCUT2D eigenvalue weighted by molar-refractivity contribution is 0.180. The number of nitrogens with one attached hydrogen (secondary N) is 1. The Labute approximate surface area is 40.5 Å². The molecule has 0 aromatic carbocycles. The topological polar surface area (TPSA) is 78.8 Å². The molecule has 7 heavy (non-hydrogen) atoms. The first-order valence-electron chi connectivity index (χ1n) is 1.42. The standard InChI is InChI=1S/CH6NO4P/c1-6-7(4,5)2-3/h3H,1H3,(H2,2,4,5). The van der Waals surface area contributed by atoms with E-state index < -0.39 is 7.75 Å². The SMILES string of the molecule is COP(=O)(O)NO. The van der Waals surface area contributed by atoms with Gasteiger partial charge in [-0.15, -0.1) is 5.25 Å². The highest BCUT2D eigenvalue weighted by Gasteiger charge is 2.12. The normalized spacial score (nSPS) is 18.7. The Morgan fingerprint density at radius 2 is 2.29 bits per heavy atom. The van der Waals surface area contributed by atoms with Gasteiger partial charge in [-0.25, -0.2) is 4.57 Å². The Morgan fingerprint density at radius 3 is 2.29 bits per heavy atom. The second kappa shape index (κ2) is 2.40. The monoisotopic (exact) mass is 127 g/mol. The molecule has 0 heterocycles. The highest BCUT2D eigenvalue weighted by Crippen LogP contribution is 2.33. The maximum absolute atomic E-state index is 9.92. The minimum atomic E-state index is -3.85. The quantitative estimate of drug-likeness (QED) is 0.351. The summed E-state index contributed by atoms with van der Waals surface area (Å²) in [5, 5.41) is 8.79. The van der Waals surface area contributed by atoms with Crippen molar-refractivity contribution in [2.75, 3.05) is 7.11 Å². The summed E-state index contributed by atoms with van der Waals surface area (Å²) >= 11 is 0. The van der Waals surface area contributed by atoms with E-state index >= 15 is 0 Å². The molecule has 0 aliphatic heterocycles. The van der Waals surface area contributed by atoms with Gasteiger partial charge in [0.05, 0.1) is 0 Å². The van der Waals surface area contributed by atoms with Crippen molar-refractivity contribution < 1.29 is 19.2 Å². The maximum atomic E-state index is 9.92. The van der Waals surface area contributed by atoms with Crippen LogP contribution in [-0.4, -0.2) is 17.2 Å². The van der Waals surface area contributed by atoms with Gasteiger partial charge >= 0.3 is 7.75 Å². The van der Waals surface area contributed by atoms with Crippen LogP contribution in [0.4, 0.5) is 0 Å². The molecule has 1 atom stereocenters. The van der Waals surface area contributed by atoms with Gasteiger partial charge < -0.3 is 10.1 Å². The van der Waals surface area contributed by atoms with E-state index in [1.165, 1.54) is 0 Å². The molecular formula is CH6NO4P. The second-order valence-electron chi connectivity index (χ2n) is 0.803. The zero-order valence-electron chi connectivity index (χ0n) is 3.66. The Bertz CT molecular complexity index is 83.7. The summed E-state index contributed by atoms with van der Waals surface area (Å²) in [5.74, 6) is 0. The van der Waals surface area contributed by atoms with Crippen molar-refractivity contribution in [1.29, 1.82) is 0 Å². The van der Waals surface area contributed by atoms with Gasteiger partial charge in [0.15, 0.2) is 0 Å². The van der Waals surface area contributed by atoms with Crippen LogP contribution in [0, 0.1) is 0 Å². The highest BCUT2D eigenvalue weighted by molar-refractivity contribution is 7.50. The molecule has 0 aliphatic rings. The van der Waals surface area contributed by atoms with Crippen molar-refractivity contribution in [3.63, 3.8) is 0 Å². The molecule has 5 nitrogen and oxygen atoms in total. The average Bonchev–Trinajstić information content (AvgIpc) is 1.68. The first kappa shape index (κ1) is 7.07. The third-order valence-corrected chi connectivity index (χ3v) is 1.12. The molecule has 44 valence electrons. The largest absolute Gasteiger partial charge is 0.425 e. The number of hydrogen-bond acceptors (Lipinski definition) is 3. The second-order valence-corrected chi connectivity index (χ2v) is 2.41. The molecule has 0 amide bonds. The van der Waals surface area contributed by atoms with Crippen molar-refractivity contribution in [3.8, 4) is 0 Å². The van der Waals surface area contributed by atoms with Crippen LogP contribution >= 0.6 is 7.75 Å². The van der Waals surface area contributed by atoms with Crippen LogP contribution in [0.1, 0.15) is 0 Å². The van der Waals surface area contributed by atoms with E-state index in [4.69, 9.17) is 10.1 Å². The van der Waals surface area contributed by atoms with Gasteiger partial charge in [0.25, 0.3) is 0 Å². The zero-order valence-corrected chi connectivity index (χ0v) is 4.55. The summed E-state index contributed by atoms with van der Waals surface area (Å²) in [6.45, 7) is 0. The fraction of sp³-hybridized carbons (Fsp3) is 1.00. The Kier molecular flexibility index (Phi) is 2.42. The van der Waals surface area contributed by atoms with Crippen LogP contribution in [0.3, 0.4) is 0 Å². The third kappa shape index (κ3) is 2.73. The van der Waals surface area contributed by atoms with Crippen LogP contribution in [0.5, 0.6) is 0 Å². The molecule has 0 aliphatic carbocycles. The van der Waals surface area contributed by atoms with E-state index in [2.05, 4.69) is 4.52 Å². The summed E-state index contributed by atoms with van der Waals surface area (Å²) in [6.07, 6.45) is 0. The first-order chi connectivity index (χ1) is 3.12. The summed E-state index contributed by atoms with van der Waals surface area (Å²) < 4.78 is 13.8. The summed E-state index contributed by atoms with van der Waals surface area (Å²) in [4.78, 5) is 8.10. The van der Waals surface area contributed by atoms with Crippen LogP contribution in [0.25, 0.3) is 0 Å². The van der Waals surface area contributed by atoms with Gasteiger partial charge in [0.1, 0.15) is 0 Å². The van der Waals surface area contributed by atoms with Crippen LogP contribution in [-0.2, 0) is 9.09 Å². The maximum Gasteiger partial charge on any atom is 0.425 e. The van der Waals surface area contributed by atoms with E-state index in [1.807, 2.05) is 0 Å². The molecule has 0 spiro atoms. The molecule has 0 bridgehead atoms. The van der Waals surface area contributed by atoms with E-state index in [0.717, 1.165) is 12.4 Å². The van der Waals surface area contributed by atoms with Gasteiger partial charge in [0, 0.05) is 7.11 Å². The molecule has 6 heteroatoms. The molecule has 3 N–H and O–H groups in total. The smallest absolute Gasteiger partial charge is 0.311 e. The van der Waals surface area contributed by atoms with Gasteiger partial charge in [0.2, 0.25) is 0 Å². The lowest BCUT2D eigenvalue weighted by Crippen LogP contribution is -2.03. The first-order valence-corrected chi connectivity index (χ1v) is 3.00. The fourth-order valence-electron chi connectivity index (χ4n) is 0.0408. The van der Waals surface area contributed by atoms with Crippen molar-refractivity contribution in [1.82, 2.24) is 5.25 Å². The van der Waals surface area contributed by atoms with Gasteiger partial charge in [-0.3, -0.25) is 4.52 Å². The molecular weight excluding hydrogens is 121 g/mol. The van der Waals surface area contributed by atoms with Crippen molar-refractivity contribution in [2.24, 2.45) is 0 Å². The zero-order chi connectivity index (χ0) is 5.91. The number of hydrogen-bond donors (Lipinski definition) is 3. The van der Waals surface area contributed by atoms with Crippen molar-refractivity contribution in [3.05, 3.63) is 0 Å². The predicted octanol–water partition coefficient (Wildman–Crippen LogP) is -0.288. The Hall–Kier alpha value is 0.0700. The fourth-order valence-corrected chi connectivity index (χ4v) is 0.122. The molecule has 0 aromatic heterocycles. The van der Waals surface area contributed by atoms with Gasteiger partial charge in [-0.2, -0.15) is 0 Å². The van der Waals surface area contributed by atoms with Crippen LogP contribution in [0.2, 0.25) is 0 Å². The van der Waals surface area contributed by atoms with Crippen LogP contribution < -0.4 is 5.25 Å². The predicted molar refractivity (Wildman–Crippen MR) is 21.8 cm³/mol. The van der Waals surface area contributed by atoms with E-state index in [1.54, 1.807) is 0 Å². The average molecular weight is 127 g/mol. The molecule has 0 aromatic rings. The molecule has 0 saturated heterocycles. The molecule has 0 rings (SSSR count). The minimum absolute atomic E-state index is 1.00. The van der Waals surface area contributed by atoms with Gasteiger partial charge in [-0.1, -0.05) is 0 Å². The lowest BCUT2D eigenvalue weighted by atomic mass is 11.8. The summed E-state index contributed by atoms with van der Waals surface area (Å²) in [5.41, 5.74) is 0. The van der Waals surface area contributed by atoms with E-state index in [-0.39, 0.29) is 0 Å². The third-order valence-electron chi connectivity index (χ3n) is 0.374. The van der Waals surface area contributed by atoms with Crippen LogP contribution in [0.15, 0.2) is 0 Å².